The van der Waals surface area contributed by atoms with Gasteiger partial charge in [0.2, 0.25) is 0 Å². The molecule has 0 aromatic heterocycles. The summed E-state index contributed by atoms with van der Waals surface area (Å²) in [7, 11) is 2.57. The maximum Gasteiger partial charge on any atom is 0.471 e. The fourth-order valence-corrected chi connectivity index (χ4v) is 5.70. The van der Waals surface area contributed by atoms with Crippen molar-refractivity contribution < 1.29 is 31.6 Å². The molecule has 2 rings (SSSR count). The monoisotopic (exact) mass is 567 g/mol. The van der Waals surface area contributed by atoms with Gasteiger partial charge in [-0.2, -0.15) is 13.2 Å². The quantitative estimate of drug-likeness (QED) is 0.284. The number of carbonyl (C=O) groups excluding carboxylic acids is 1. The van der Waals surface area contributed by atoms with Crippen LogP contribution >= 0.6 is 0 Å². The van der Waals surface area contributed by atoms with Gasteiger partial charge in [0, 0.05) is 19.0 Å². The summed E-state index contributed by atoms with van der Waals surface area (Å²) in [5.74, 6) is -0.426. The molecule has 1 amide bonds. The van der Waals surface area contributed by atoms with Gasteiger partial charge in [0.15, 0.2) is 11.5 Å². The molecule has 39 heavy (non-hydrogen) atoms. The van der Waals surface area contributed by atoms with Gasteiger partial charge in [0.25, 0.3) is 0 Å². The highest BCUT2D eigenvalue weighted by Crippen LogP contribution is 2.36. The molecule has 2 aromatic rings. The maximum atomic E-state index is 13.8. The molecule has 9 heteroatoms. The molecule has 0 saturated carbocycles. The molecule has 0 aliphatic carbocycles. The minimum atomic E-state index is -4.95. The Morgan fingerprint density at radius 2 is 1.44 bits per heavy atom. The number of hydrogen-bond acceptors (Lipinski definition) is 4. The fourth-order valence-electron chi connectivity index (χ4n) is 4.24. The molecule has 216 valence electrons. The molecule has 0 unspecified atom stereocenters. The third-order valence-electron chi connectivity index (χ3n) is 6.60. The number of hydrogen-bond donors (Lipinski definition) is 0. The number of halogens is 3. The van der Waals surface area contributed by atoms with Gasteiger partial charge in [-0.25, -0.2) is 4.21 Å². The Balaban J connectivity index is 2.55. The average molecular weight is 568 g/mol. The molecule has 0 aliphatic rings. The Kier molecular flexibility index (Phi) is 11.2. The van der Waals surface area contributed by atoms with Crippen LogP contribution in [0.4, 0.5) is 13.2 Å². The lowest BCUT2D eigenvalue weighted by Crippen LogP contribution is -2.39. The minimum Gasteiger partial charge on any atom is -0.493 e. The van der Waals surface area contributed by atoms with Crippen molar-refractivity contribution in [3.63, 3.8) is 0 Å². The molecule has 2 aromatic carbocycles. The standard InChI is InChI=1S/C30H40F3NO4S/c1-18(2)23-14-24(19(3)4)28(25(15-23)20(5)6)39(36)13-11-22-17-27(38-9)26(37-8)16-21(22)10-12-34(7)29(35)30(31,32)33/h11,13-20H,10,12H2,1-9H3/b13-11+/t39-/m1/s1. The lowest BCUT2D eigenvalue weighted by atomic mass is 9.89. The molecular weight excluding hydrogens is 527 g/mol. The van der Waals surface area contributed by atoms with E-state index < -0.39 is 22.9 Å². The predicted molar refractivity (Wildman–Crippen MR) is 151 cm³/mol. The molecule has 0 bridgehead atoms. The van der Waals surface area contributed by atoms with E-state index in [9.17, 15) is 22.2 Å². The van der Waals surface area contributed by atoms with E-state index in [0.717, 1.165) is 23.1 Å². The predicted octanol–water partition coefficient (Wildman–Crippen LogP) is 7.42. The van der Waals surface area contributed by atoms with Crippen molar-refractivity contribution in [1.82, 2.24) is 4.90 Å². The third kappa shape index (κ3) is 8.10. The number of alkyl halides is 3. The van der Waals surface area contributed by atoms with E-state index in [0.29, 0.717) is 33.4 Å². The summed E-state index contributed by atoms with van der Waals surface area (Å²) >= 11 is 0. The van der Waals surface area contributed by atoms with Crippen LogP contribution in [-0.4, -0.2) is 49.0 Å². The first-order valence-electron chi connectivity index (χ1n) is 13.0. The Labute approximate surface area is 232 Å². The number of nitrogens with zero attached hydrogens (tertiary/aromatic N) is 1. The van der Waals surface area contributed by atoms with Gasteiger partial charge in [-0.3, -0.25) is 4.79 Å². The Bertz CT molecular complexity index is 1190. The van der Waals surface area contributed by atoms with Crippen LogP contribution in [0, 0.1) is 0 Å². The first kappa shape index (κ1) is 32.4. The lowest BCUT2D eigenvalue weighted by molar-refractivity contribution is -0.184. The first-order valence-corrected chi connectivity index (χ1v) is 14.2. The number of likely N-dealkylation sites (N-methyl/N-ethyl adjacent to an activating group) is 1. The molecule has 5 nitrogen and oxygen atoms in total. The summed E-state index contributed by atoms with van der Waals surface area (Å²) in [5, 5.41) is 1.61. The van der Waals surface area contributed by atoms with Crippen LogP contribution in [0.15, 0.2) is 34.6 Å². The smallest absolute Gasteiger partial charge is 0.471 e. The molecular formula is C30H40F3NO4S. The molecule has 0 N–H and O–H groups in total. The van der Waals surface area contributed by atoms with Gasteiger partial charge in [-0.1, -0.05) is 53.7 Å². The maximum absolute atomic E-state index is 13.8. The van der Waals surface area contributed by atoms with Crippen molar-refractivity contribution in [2.75, 3.05) is 27.8 Å². The number of benzene rings is 2. The first-order chi connectivity index (χ1) is 18.1. The van der Waals surface area contributed by atoms with E-state index in [1.54, 1.807) is 23.6 Å². The zero-order valence-corrected chi connectivity index (χ0v) is 25.0. The van der Waals surface area contributed by atoms with Crippen molar-refractivity contribution >= 4 is 22.8 Å². The minimum absolute atomic E-state index is 0.128. The van der Waals surface area contributed by atoms with Crippen LogP contribution in [0.1, 0.15) is 87.1 Å². The van der Waals surface area contributed by atoms with Gasteiger partial charge in [-0.05, 0) is 70.2 Å². The summed E-state index contributed by atoms with van der Waals surface area (Å²) in [5.41, 5.74) is 4.52. The lowest BCUT2D eigenvalue weighted by Gasteiger charge is -2.21. The number of carbonyl (C=O) groups is 1. The van der Waals surface area contributed by atoms with Crippen LogP contribution < -0.4 is 9.47 Å². The largest absolute Gasteiger partial charge is 0.493 e. The van der Waals surface area contributed by atoms with Gasteiger partial charge in [-0.15, -0.1) is 0 Å². The second-order valence-corrected chi connectivity index (χ2v) is 11.7. The summed E-state index contributed by atoms with van der Waals surface area (Å²) in [6, 6.07) is 7.64. The zero-order chi connectivity index (χ0) is 29.7. The highest BCUT2D eigenvalue weighted by molar-refractivity contribution is 7.88. The topological polar surface area (TPSA) is 55.8 Å². The Morgan fingerprint density at radius 1 is 0.923 bits per heavy atom. The Morgan fingerprint density at radius 3 is 1.87 bits per heavy atom. The van der Waals surface area contributed by atoms with E-state index in [1.807, 2.05) is 0 Å². The third-order valence-corrected chi connectivity index (χ3v) is 7.86. The van der Waals surface area contributed by atoms with Crippen LogP contribution in [0.25, 0.3) is 6.08 Å². The van der Waals surface area contributed by atoms with Crippen LogP contribution in [0.2, 0.25) is 0 Å². The van der Waals surface area contributed by atoms with Crippen molar-refractivity contribution in [2.45, 2.75) is 76.8 Å². The van der Waals surface area contributed by atoms with E-state index in [1.165, 1.54) is 19.8 Å². The molecule has 0 radical (unpaired) electrons. The van der Waals surface area contributed by atoms with Crippen molar-refractivity contribution in [3.05, 3.63) is 57.5 Å². The van der Waals surface area contributed by atoms with Gasteiger partial charge >= 0.3 is 12.1 Å². The van der Waals surface area contributed by atoms with E-state index in [-0.39, 0.29) is 24.8 Å². The summed E-state index contributed by atoms with van der Waals surface area (Å²) in [6.07, 6.45) is -3.12. The molecule has 0 aliphatic heterocycles. The number of amides is 1. The number of rotatable bonds is 11. The van der Waals surface area contributed by atoms with Gasteiger partial charge in [0.1, 0.15) is 0 Å². The zero-order valence-electron chi connectivity index (χ0n) is 24.2. The molecule has 0 spiro atoms. The average Bonchev–Trinajstić information content (AvgIpc) is 2.87. The van der Waals surface area contributed by atoms with Crippen molar-refractivity contribution in [1.29, 1.82) is 0 Å². The highest BCUT2D eigenvalue weighted by atomic mass is 32.2. The molecule has 0 saturated heterocycles. The number of ether oxygens (including phenoxy) is 2. The second kappa shape index (κ2) is 13.5. The van der Waals surface area contributed by atoms with E-state index in [2.05, 4.69) is 53.7 Å². The molecule has 0 heterocycles. The number of methoxy groups -OCH3 is 2. The van der Waals surface area contributed by atoms with Gasteiger partial charge in [0.05, 0.1) is 29.9 Å². The second-order valence-electron chi connectivity index (χ2n) is 10.5. The van der Waals surface area contributed by atoms with E-state index >= 15 is 0 Å². The Hall–Kier alpha value is -2.81. The highest BCUT2D eigenvalue weighted by Gasteiger charge is 2.41. The SMILES string of the molecule is COc1cc(/C=C/[S@@](=O)c2c(C(C)C)cc(C(C)C)cc2C(C)C)c(CCN(C)C(=O)C(F)(F)F)cc1OC. The van der Waals surface area contributed by atoms with Crippen LogP contribution in [0.5, 0.6) is 11.5 Å². The summed E-state index contributed by atoms with van der Waals surface area (Å²) in [6.45, 7) is 12.4. The van der Waals surface area contributed by atoms with E-state index in [4.69, 9.17) is 9.47 Å². The van der Waals surface area contributed by atoms with Crippen LogP contribution in [-0.2, 0) is 22.0 Å². The van der Waals surface area contributed by atoms with Crippen molar-refractivity contribution in [3.8, 4) is 11.5 Å². The van der Waals surface area contributed by atoms with Crippen molar-refractivity contribution in [2.24, 2.45) is 0 Å². The molecule has 0 fully saturated rings. The normalized spacial score (nSPS) is 13.0. The summed E-state index contributed by atoms with van der Waals surface area (Å²) in [4.78, 5) is 13.0. The van der Waals surface area contributed by atoms with Gasteiger partial charge < -0.3 is 14.4 Å². The fraction of sp³-hybridized carbons (Fsp3) is 0.500. The van der Waals surface area contributed by atoms with Crippen LogP contribution in [0.3, 0.4) is 0 Å². The molecule has 1 atom stereocenters. The summed E-state index contributed by atoms with van der Waals surface area (Å²) < 4.78 is 63.2.